The molecule has 2 aromatic carbocycles. The Hall–Kier alpha value is -3.06. The van der Waals surface area contributed by atoms with Gasteiger partial charge in [0, 0.05) is 19.2 Å². The lowest BCUT2D eigenvalue weighted by atomic mass is 10.1. The van der Waals surface area contributed by atoms with Crippen LogP contribution >= 0.6 is 11.6 Å². The summed E-state index contributed by atoms with van der Waals surface area (Å²) < 4.78 is 10.4. The molecule has 0 radical (unpaired) electrons. The van der Waals surface area contributed by atoms with E-state index in [0.717, 1.165) is 5.56 Å². The van der Waals surface area contributed by atoms with Gasteiger partial charge in [0.05, 0.1) is 23.7 Å². The first-order valence-corrected chi connectivity index (χ1v) is 10.0. The van der Waals surface area contributed by atoms with Crippen molar-refractivity contribution in [2.45, 2.75) is 20.4 Å². The monoisotopic (exact) mass is 430 g/mol. The van der Waals surface area contributed by atoms with E-state index in [1.165, 1.54) is 11.8 Å². The lowest BCUT2D eigenvalue weighted by molar-refractivity contribution is -0.143. The lowest BCUT2D eigenvalue weighted by Crippen LogP contribution is -2.41. The first-order valence-electron chi connectivity index (χ1n) is 9.64. The number of esters is 1. The second kappa shape index (κ2) is 9.63. The molecule has 8 heteroatoms. The van der Waals surface area contributed by atoms with Crippen molar-refractivity contribution in [2.75, 3.05) is 31.2 Å². The number of ether oxygens (including phenoxy) is 2. The van der Waals surface area contributed by atoms with Crippen LogP contribution in [0.3, 0.4) is 0 Å². The van der Waals surface area contributed by atoms with E-state index < -0.39 is 5.97 Å². The van der Waals surface area contributed by atoms with Crippen LogP contribution in [0.4, 0.5) is 5.69 Å². The molecule has 0 unspecified atom stereocenters. The lowest BCUT2D eigenvalue weighted by Gasteiger charge is -2.23. The van der Waals surface area contributed by atoms with Crippen LogP contribution in [0, 0.1) is 0 Å². The number of hydrogen-bond donors (Lipinski definition) is 0. The molecule has 30 heavy (non-hydrogen) atoms. The second-order valence-corrected chi connectivity index (χ2v) is 7.16. The maximum Gasteiger partial charge on any atom is 0.302 e. The summed E-state index contributed by atoms with van der Waals surface area (Å²) in [4.78, 5) is 40.2. The van der Waals surface area contributed by atoms with Gasteiger partial charge < -0.3 is 14.4 Å². The fourth-order valence-corrected chi connectivity index (χ4v) is 3.53. The molecule has 0 aromatic heterocycles. The van der Waals surface area contributed by atoms with Crippen molar-refractivity contribution in [3.05, 3.63) is 58.6 Å². The minimum absolute atomic E-state index is 0.0991. The summed E-state index contributed by atoms with van der Waals surface area (Å²) in [5, 5.41) is 0.256. The Kier molecular flexibility index (Phi) is 6.95. The summed E-state index contributed by atoms with van der Waals surface area (Å²) in [5.41, 5.74) is 1.76. The predicted octanol–water partition coefficient (Wildman–Crippen LogP) is 3.29. The maximum absolute atomic E-state index is 13.3. The number of nitrogens with zero attached hydrogens (tertiary/aromatic N) is 2. The topological polar surface area (TPSA) is 76.2 Å². The zero-order valence-corrected chi connectivity index (χ0v) is 17.6. The number of fused-ring (bicyclic) bond motifs is 1. The Morgan fingerprint density at radius 1 is 1.13 bits per heavy atom. The molecule has 1 heterocycles. The number of para-hydroxylation sites is 1. The molecule has 0 atom stereocenters. The number of carbonyl (C=O) groups excluding carboxylic acids is 3. The van der Waals surface area contributed by atoms with E-state index >= 15 is 0 Å². The highest BCUT2D eigenvalue weighted by Crippen LogP contribution is 2.30. The Balaban J connectivity index is 1.89. The third-order valence-electron chi connectivity index (χ3n) is 4.68. The predicted molar refractivity (Wildman–Crippen MR) is 113 cm³/mol. The number of hydrogen-bond acceptors (Lipinski definition) is 5. The number of amides is 2. The highest BCUT2D eigenvalue weighted by Gasteiger charge is 2.30. The number of carbonyl (C=O) groups is 3. The summed E-state index contributed by atoms with van der Waals surface area (Å²) in [5.74, 6) is -0.442. The maximum atomic E-state index is 13.3. The van der Waals surface area contributed by atoms with Gasteiger partial charge in [-0.25, -0.2) is 0 Å². The summed E-state index contributed by atoms with van der Waals surface area (Å²) in [6, 6.07) is 12.2. The van der Waals surface area contributed by atoms with Gasteiger partial charge in [0.15, 0.2) is 0 Å². The van der Waals surface area contributed by atoms with Gasteiger partial charge in [-0.15, -0.1) is 0 Å². The van der Waals surface area contributed by atoms with E-state index in [9.17, 15) is 14.4 Å². The molecule has 158 valence electrons. The third-order valence-corrected chi connectivity index (χ3v) is 5.00. The largest absolute Gasteiger partial charge is 0.494 e. The molecule has 0 bridgehead atoms. The van der Waals surface area contributed by atoms with Crippen molar-refractivity contribution in [3.8, 4) is 5.75 Å². The van der Waals surface area contributed by atoms with E-state index in [4.69, 9.17) is 21.1 Å². The van der Waals surface area contributed by atoms with Gasteiger partial charge in [0.1, 0.15) is 18.9 Å². The summed E-state index contributed by atoms with van der Waals surface area (Å²) in [7, 11) is 0. The summed E-state index contributed by atoms with van der Waals surface area (Å²) in [6.07, 6.45) is 0. The van der Waals surface area contributed by atoms with Crippen LogP contribution in [0.15, 0.2) is 42.5 Å². The van der Waals surface area contributed by atoms with Gasteiger partial charge in [-0.05, 0) is 36.8 Å². The van der Waals surface area contributed by atoms with Gasteiger partial charge in [-0.2, -0.15) is 0 Å². The number of rotatable bonds is 6. The third kappa shape index (κ3) is 4.91. The zero-order valence-electron chi connectivity index (χ0n) is 16.9. The van der Waals surface area contributed by atoms with Crippen LogP contribution in [0.25, 0.3) is 0 Å². The first kappa shape index (κ1) is 21.6. The van der Waals surface area contributed by atoms with Crippen molar-refractivity contribution in [1.82, 2.24) is 4.90 Å². The molecule has 1 aliphatic rings. The minimum Gasteiger partial charge on any atom is -0.494 e. The molecule has 1 aliphatic heterocycles. The molecule has 7 nitrogen and oxygen atoms in total. The average molecular weight is 431 g/mol. The first-order chi connectivity index (χ1) is 14.4. The van der Waals surface area contributed by atoms with Crippen molar-refractivity contribution >= 4 is 35.1 Å². The average Bonchev–Trinajstić information content (AvgIpc) is 2.84. The molecule has 3 rings (SSSR count). The van der Waals surface area contributed by atoms with E-state index in [-0.39, 0.29) is 42.1 Å². The van der Waals surface area contributed by atoms with E-state index in [2.05, 4.69) is 0 Å². The Morgan fingerprint density at radius 3 is 2.60 bits per heavy atom. The van der Waals surface area contributed by atoms with E-state index in [1.54, 1.807) is 29.2 Å². The van der Waals surface area contributed by atoms with Gasteiger partial charge in [0.25, 0.3) is 5.91 Å². The molecule has 0 spiro atoms. The number of benzene rings is 2. The van der Waals surface area contributed by atoms with Crippen molar-refractivity contribution in [1.29, 1.82) is 0 Å². The second-order valence-electron chi connectivity index (χ2n) is 6.75. The van der Waals surface area contributed by atoms with Crippen molar-refractivity contribution < 1.29 is 23.9 Å². The van der Waals surface area contributed by atoms with E-state index in [1.807, 2.05) is 25.1 Å². The normalized spacial score (nSPS) is 13.5. The van der Waals surface area contributed by atoms with Gasteiger partial charge in [0.2, 0.25) is 5.91 Å². The van der Waals surface area contributed by atoms with Gasteiger partial charge in [-0.3, -0.25) is 19.3 Å². The molecule has 0 saturated carbocycles. The van der Waals surface area contributed by atoms with Gasteiger partial charge >= 0.3 is 5.97 Å². The SMILES string of the molecule is CCOc1ccc(C(=O)N2CC(=O)N(CCOC(C)=O)Cc3ccccc32)c(Cl)c1. The summed E-state index contributed by atoms with van der Waals surface area (Å²) in [6.45, 7) is 4.19. The molecule has 0 N–H and O–H groups in total. The number of halogens is 1. The van der Waals surface area contributed by atoms with Crippen LogP contribution in [0.1, 0.15) is 29.8 Å². The Bertz CT molecular complexity index is 962. The van der Waals surface area contributed by atoms with Crippen molar-refractivity contribution in [3.63, 3.8) is 0 Å². The van der Waals surface area contributed by atoms with Crippen LogP contribution in [0.2, 0.25) is 5.02 Å². The smallest absolute Gasteiger partial charge is 0.302 e. The minimum atomic E-state index is -0.403. The van der Waals surface area contributed by atoms with Crippen molar-refractivity contribution in [2.24, 2.45) is 0 Å². The molecular weight excluding hydrogens is 408 g/mol. The highest BCUT2D eigenvalue weighted by molar-refractivity contribution is 6.34. The van der Waals surface area contributed by atoms with Crippen LogP contribution < -0.4 is 9.64 Å². The molecular formula is C22H23ClN2O5. The van der Waals surface area contributed by atoms with Crippen LogP contribution in [-0.4, -0.2) is 49.0 Å². The summed E-state index contributed by atoms with van der Waals surface area (Å²) >= 11 is 6.34. The molecule has 0 fully saturated rings. The quantitative estimate of drug-likeness (QED) is 0.657. The van der Waals surface area contributed by atoms with Crippen LogP contribution in [0.5, 0.6) is 5.75 Å². The Labute approximate surface area is 180 Å². The highest BCUT2D eigenvalue weighted by atomic mass is 35.5. The molecule has 0 aliphatic carbocycles. The molecule has 2 aromatic rings. The van der Waals surface area contributed by atoms with Crippen LogP contribution in [-0.2, 0) is 20.9 Å². The van der Waals surface area contributed by atoms with Gasteiger partial charge in [-0.1, -0.05) is 29.8 Å². The molecule has 0 saturated heterocycles. The number of anilines is 1. The van der Waals surface area contributed by atoms with E-state index in [0.29, 0.717) is 24.6 Å². The Morgan fingerprint density at radius 2 is 1.90 bits per heavy atom. The fourth-order valence-electron chi connectivity index (χ4n) is 3.28. The fraction of sp³-hybridized carbons (Fsp3) is 0.318. The molecule has 2 amide bonds. The zero-order chi connectivity index (χ0) is 21.7. The standard InChI is InChI=1S/C22H23ClN2O5/c1-3-29-17-8-9-18(19(23)12-17)22(28)25-14-21(27)24(10-11-30-15(2)26)13-16-6-4-5-7-20(16)25/h4-9,12H,3,10-11,13-14H2,1-2H3.